The summed E-state index contributed by atoms with van der Waals surface area (Å²) in [4.78, 5) is 23.2. The second-order valence-corrected chi connectivity index (χ2v) is 6.27. The normalized spacial score (nSPS) is 15.7. The van der Waals surface area contributed by atoms with Crippen molar-refractivity contribution in [1.82, 2.24) is 5.32 Å². The number of ether oxygens (including phenoxy) is 2. The Morgan fingerprint density at radius 3 is 2.70 bits per heavy atom. The molecule has 6 heteroatoms. The topological polar surface area (TPSA) is 64.6 Å². The van der Waals surface area contributed by atoms with Crippen LogP contribution in [0.1, 0.15) is 25.0 Å². The first-order valence-corrected chi connectivity index (χ1v) is 7.94. The van der Waals surface area contributed by atoms with Crippen molar-refractivity contribution in [2.45, 2.75) is 20.3 Å². The second-order valence-electron chi connectivity index (χ2n) is 5.26. The highest BCUT2D eigenvalue weighted by Gasteiger charge is 2.24. The minimum Gasteiger partial charge on any atom is -0.467 e. The lowest BCUT2D eigenvalue weighted by Crippen LogP contribution is -2.17. The average Bonchev–Trinajstić information content (AvgIpc) is 2.81. The van der Waals surface area contributed by atoms with Crippen LogP contribution >= 0.6 is 11.8 Å². The maximum absolute atomic E-state index is 11.6. The number of hydrogen-bond acceptors (Lipinski definition) is 5. The quantitative estimate of drug-likeness (QED) is 0.490. The molecule has 1 aliphatic rings. The molecule has 0 unspecified atom stereocenters. The smallest absolute Gasteiger partial charge is 0.290 e. The number of carbonyl (C=O) groups is 2. The summed E-state index contributed by atoms with van der Waals surface area (Å²) in [7, 11) is 1.57. The summed E-state index contributed by atoms with van der Waals surface area (Å²) in [6, 6.07) is 5.65. The molecule has 1 N–H and O–H groups in total. The number of amides is 2. The standard InChI is InChI=1S/C17H19NO4S/c1-11(2)4-6-13-8-12(5-7-14(13)22-10-21-3)9-15-16(19)18-17(20)23-15/h4-5,7-9H,6,10H2,1-3H3,(H,18,19,20). The number of benzene rings is 1. The third-order valence-electron chi connectivity index (χ3n) is 3.09. The summed E-state index contributed by atoms with van der Waals surface area (Å²) in [5.41, 5.74) is 3.05. The Kier molecular flexibility index (Phi) is 6.01. The fourth-order valence-electron chi connectivity index (χ4n) is 2.00. The Morgan fingerprint density at radius 1 is 1.30 bits per heavy atom. The Labute approximate surface area is 139 Å². The van der Waals surface area contributed by atoms with E-state index in [1.54, 1.807) is 13.2 Å². The number of rotatable bonds is 6. The van der Waals surface area contributed by atoms with Crippen molar-refractivity contribution in [3.8, 4) is 5.75 Å². The van der Waals surface area contributed by atoms with E-state index < -0.39 is 0 Å². The zero-order valence-electron chi connectivity index (χ0n) is 13.3. The molecule has 0 radical (unpaired) electrons. The van der Waals surface area contributed by atoms with Gasteiger partial charge in [-0.25, -0.2) is 0 Å². The number of allylic oxidation sites excluding steroid dienone is 2. The van der Waals surface area contributed by atoms with Gasteiger partial charge in [0.2, 0.25) is 0 Å². The van der Waals surface area contributed by atoms with E-state index in [1.807, 2.05) is 32.0 Å². The molecule has 122 valence electrons. The molecule has 23 heavy (non-hydrogen) atoms. The van der Waals surface area contributed by atoms with Gasteiger partial charge in [-0.1, -0.05) is 17.7 Å². The Morgan fingerprint density at radius 2 is 2.09 bits per heavy atom. The van der Waals surface area contributed by atoms with Crippen LogP contribution in [0, 0.1) is 0 Å². The minimum atomic E-state index is -0.356. The van der Waals surface area contributed by atoms with Crippen molar-refractivity contribution in [2.75, 3.05) is 13.9 Å². The number of hydrogen-bond donors (Lipinski definition) is 1. The highest BCUT2D eigenvalue weighted by molar-refractivity contribution is 8.18. The van der Waals surface area contributed by atoms with Gasteiger partial charge in [-0.3, -0.25) is 14.9 Å². The average molecular weight is 333 g/mol. The molecule has 0 spiro atoms. The Hall–Kier alpha value is -2.05. The van der Waals surface area contributed by atoms with Crippen LogP contribution in [-0.2, 0) is 16.0 Å². The van der Waals surface area contributed by atoms with Crippen LogP contribution in [0.3, 0.4) is 0 Å². The van der Waals surface area contributed by atoms with Crippen molar-refractivity contribution in [3.63, 3.8) is 0 Å². The van der Waals surface area contributed by atoms with Crippen LogP contribution in [-0.4, -0.2) is 25.0 Å². The van der Waals surface area contributed by atoms with Gasteiger partial charge in [-0.15, -0.1) is 0 Å². The van der Waals surface area contributed by atoms with Gasteiger partial charge in [0, 0.05) is 7.11 Å². The summed E-state index contributed by atoms with van der Waals surface area (Å²) in [5.74, 6) is 0.386. The van der Waals surface area contributed by atoms with E-state index in [0.29, 0.717) is 4.91 Å². The zero-order valence-corrected chi connectivity index (χ0v) is 14.2. The van der Waals surface area contributed by atoms with E-state index in [2.05, 4.69) is 11.4 Å². The first kappa shape index (κ1) is 17.3. The van der Waals surface area contributed by atoms with E-state index in [-0.39, 0.29) is 17.9 Å². The summed E-state index contributed by atoms with van der Waals surface area (Å²) in [6.45, 7) is 4.24. The largest absolute Gasteiger partial charge is 0.467 e. The molecule has 0 aromatic heterocycles. The highest BCUT2D eigenvalue weighted by atomic mass is 32.2. The number of imide groups is 1. The van der Waals surface area contributed by atoms with E-state index in [4.69, 9.17) is 9.47 Å². The molecule has 0 bridgehead atoms. The number of carbonyl (C=O) groups excluding carboxylic acids is 2. The third kappa shape index (κ3) is 4.97. The Balaban J connectivity index is 2.29. The predicted octanol–water partition coefficient (Wildman–Crippen LogP) is 3.50. The van der Waals surface area contributed by atoms with E-state index >= 15 is 0 Å². The van der Waals surface area contributed by atoms with Gasteiger partial charge in [-0.2, -0.15) is 0 Å². The van der Waals surface area contributed by atoms with Gasteiger partial charge in [0.1, 0.15) is 5.75 Å². The van der Waals surface area contributed by atoms with Gasteiger partial charge < -0.3 is 9.47 Å². The SMILES string of the molecule is COCOc1ccc(C=C2SC(=O)NC2=O)cc1CC=C(C)C. The molecule has 2 rings (SSSR count). The first-order chi connectivity index (χ1) is 11.0. The Bertz CT molecular complexity index is 675. The third-order valence-corrected chi connectivity index (χ3v) is 3.90. The van der Waals surface area contributed by atoms with Crippen LogP contribution in [0.4, 0.5) is 4.79 Å². The summed E-state index contributed by atoms with van der Waals surface area (Å²) in [5, 5.41) is 1.91. The summed E-state index contributed by atoms with van der Waals surface area (Å²) < 4.78 is 10.5. The van der Waals surface area contributed by atoms with E-state index in [0.717, 1.165) is 35.1 Å². The van der Waals surface area contributed by atoms with Gasteiger partial charge in [0.15, 0.2) is 6.79 Å². The molecule has 0 atom stereocenters. The van der Waals surface area contributed by atoms with Crippen LogP contribution < -0.4 is 10.1 Å². The molecule has 2 amide bonds. The number of methoxy groups -OCH3 is 1. The molecule has 1 aliphatic heterocycles. The van der Waals surface area contributed by atoms with E-state index in [1.165, 1.54) is 5.57 Å². The van der Waals surface area contributed by atoms with Crippen LogP contribution in [0.25, 0.3) is 6.08 Å². The molecule has 1 saturated heterocycles. The molecule has 1 fully saturated rings. The van der Waals surface area contributed by atoms with Crippen molar-refractivity contribution < 1.29 is 19.1 Å². The monoisotopic (exact) mass is 333 g/mol. The molecule has 1 aromatic carbocycles. The summed E-state index contributed by atoms with van der Waals surface area (Å²) in [6.07, 6.45) is 4.53. The zero-order chi connectivity index (χ0) is 16.8. The lowest BCUT2D eigenvalue weighted by molar-refractivity contribution is -0.115. The molecule has 1 aromatic rings. The molecule has 0 saturated carbocycles. The predicted molar refractivity (Wildman–Crippen MR) is 91.2 cm³/mol. The number of thioether (sulfide) groups is 1. The maximum Gasteiger partial charge on any atom is 0.290 e. The maximum atomic E-state index is 11.6. The molecular weight excluding hydrogens is 314 g/mol. The van der Waals surface area contributed by atoms with Crippen LogP contribution in [0.2, 0.25) is 0 Å². The lowest BCUT2D eigenvalue weighted by atomic mass is 10.0. The van der Waals surface area contributed by atoms with Gasteiger partial charge >= 0.3 is 0 Å². The first-order valence-electron chi connectivity index (χ1n) is 7.12. The highest BCUT2D eigenvalue weighted by Crippen LogP contribution is 2.28. The fourth-order valence-corrected chi connectivity index (χ4v) is 2.68. The van der Waals surface area contributed by atoms with E-state index in [9.17, 15) is 9.59 Å². The second kappa shape index (κ2) is 7.99. The minimum absolute atomic E-state index is 0.176. The fraction of sp³-hybridized carbons (Fsp3) is 0.294. The molecule has 5 nitrogen and oxygen atoms in total. The molecule has 1 heterocycles. The molecule has 0 aliphatic carbocycles. The van der Waals surface area contributed by atoms with Crippen LogP contribution in [0.15, 0.2) is 34.8 Å². The van der Waals surface area contributed by atoms with Crippen LogP contribution in [0.5, 0.6) is 5.75 Å². The van der Waals surface area contributed by atoms with Crippen molar-refractivity contribution >= 4 is 29.0 Å². The summed E-state index contributed by atoms with van der Waals surface area (Å²) >= 11 is 0.909. The van der Waals surface area contributed by atoms with Crippen molar-refractivity contribution in [1.29, 1.82) is 0 Å². The van der Waals surface area contributed by atoms with Crippen molar-refractivity contribution in [2.24, 2.45) is 0 Å². The number of nitrogens with one attached hydrogen (secondary N) is 1. The molecular formula is C17H19NO4S. The van der Waals surface area contributed by atoms with Gasteiger partial charge in [0.25, 0.3) is 11.1 Å². The lowest BCUT2D eigenvalue weighted by Gasteiger charge is -2.11. The van der Waals surface area contributed by atoms with Gasteiger partial charge in [0.05, 0.1) is 4.91 Å². The van der Waals surface area contributed by atoms with Gasteiger partial charge in [-0.05, 0) is 61.4 Å². The van der Waals surface area contributed by atoms with Crippen molar-refractivity contribution in [3.05, 3.63) is 45.9 Å².